The number of rotatable bonds is 4. The summed E-state index contributed by atoms with van der Waals surface area (Å²) in [6.45, 7) is 4.64. The highest BCUT2D eigenvalue weighted by Crippen LogP contribution is 2.40. The number of aliphatic hydroxyl groups is 1. The predicted octanol–water partition coefficient (Wildman–Crippen LogP) is 2.94. The molecule has 3 aromatic rings. The smallest absolute Gasteiger partial charge is 0.159 e. The molecule has 2 aromatic heterocycles. The normalized spacial score (nSPS) is 24.8. The molecule has 0 amide bonds. The Bertz CT molecular complexity index is 1170. The Morgan fingerprint density at radius 2 is 1.81 bits per heavy atom. The fourth-order valence-corrected chi connectivity index (χ4v) is 5.07. The van der Waals surface area contributed by atoms with Gasteiger partial charge in [-0.05, 0) is 63.0 Å². The van der Waals surface area contributed by atoms with Crippen LogP contribution in [-0.2, 0) is 0 Å². The maximum Gasteiger partial charge on any atom is 0.159 e. The zero-order valence-corrected chi connectivity index (χ0v) is 18.6. The van der Waals surface area contributed by atoms with Crippen LogP contribution in [0, 0.1) is 6.92 Å². The molecule has 4 heterocycles. The molecule has 7 nitrogen and oxygen atoms in total. The first kappa shape index (κ1) is 20.1. The van der Waals surface area contributed by atoms with E-state index >= 15 is 0 Å². The van der Waals surface area contributed by atoms with Crippen molar-refractivity contribution in [3.8, 4) is 5.82 Å². The maximum atomic E-state index is 15.0. The van der Waals surface area contributed by atoms with Crippen LogP contribution in [0.5, 0.6) is 0 Å². The Morgan fingerprint density at radius 1 is 1.03 bits per heavy atom. The summed E-state index contributed by atoms with van der Waals surface area (Å²) in [5.41, 5.74) is 3.14. The first-order valence-electron chi connectivity index (χ1n) is 11.6. The van der Waals surface area contributed by atoms with Gasteiger partial charge in [0.25, 0.3) is 0 Å². The number of halogens is 1. The summed E-state index contributed by atoms with van der Waals surface area (Å²) in [7, 11) is 1.98. The lowest BCUT2D eigenvalue weighted by atomic mass is 9.85. The molecule has 168 valence electrons. The molecule has 2 unspecified atom stereocenters. The minimum absolute atomic E-state index is 0.0930. The van der Waals surface area contributed by atoms with Crippen molar-refractivity contribution in [2.24, 2.45) is 0 Å². The van der Waals surface area contributed by atoms with Crippen molar-refractivity contribution in [1.29, 1.82) is 0 Å². The van der Waals surface area contributed by atoms with Crippen molar-refractivity contribution in [3.05, 3.63) is 41.3 Å². The Balaban J connectivity index is 1.43. The summed E-state index contributed by atoms with van der Waals surface area (Å²) in [4.78, 5) is 13.8. The van der Waals surface area contributed by atoms with Gasteiger partial charge in [-0.1, -0.05) is 0 Å². The Hall–Kier alpha value is -2.58. The number of likely N-dealkylation sites (tertiary alicyclic amines) is 1. The van der Waals surface area contributed by atoms with E-state index in [-0.39, 0.29) is 12.0 Å². The van der Waals surface area contributed by atoms with E-state index in [2.05, 4.69) is 34.0 Å². The van der Waals surface area contributed by atoms with Crippen molar-refractivity contribution < 1.29 is 9.50 Å². The fraction of sp³-hybridized carbons (Fsp3) is 0.542. The van der Waals surface area contributed by atoms with Crippen molar-refractivity contribution in [2.75, 3.05) is 38.1 Å². The largest absolute Gasteiger partial charge is 0.389 e. The van der Waals surface area contributed by atoms with Gasteiger partial charge in [-0.3, -0.25) is 0 Å². The van der Waals surface area contributed by atoms with Gasteiger partial charge in [0, 0.05) is 42.9 Å². The number of nitrogens with zero attached hydrogens (tertiary/aromatic N) is 6. The third-order valence-corrected chi connectivity index (χ3v) is 7.16. The van der Waals surface area contributed by atoms with Crippen LogP contribution in [0.4, 0.5) is 10.2 Å². The molecule has 1 saturated carbocycles. The number of hydrogen-bond acceptors (Lipinski definition) is 6. The number of benzene rings is 1. The number of aryl methyl sites for hydroxylation is 1. The lowest BCUT2D eigenvalue weighted by molar-refractivity contribution is 0.139. The molecule has 3 fully saturated rings. The van der Waals surface area contributed by atoms with Gasteiger partial charge >= 0.3 is 0 Å². The standard InChI is InChI=1S/C24H29FN6O/c1-14-7-16-10-26-31(21(16)8-19(14)18-5-6-29(2)13-20(18)25)23-9-22(30-11-17(32)12-30)27-24(28-23)15-3-4-15/h7-10,15,17-18,20,32H,3-6,11-13H2,1-2H3. The van der Waals surface area contributed by atoms with Gasteiger partial charge < -0.3 is 14.9 Å². The molecule has 3 aliphatic rings. The molecule has 2 aliphatic heterocycles. The van der Waals surface area contributed by atoms with Crippen LogP contribution >= 0.6 is 0 Å². The van der Waals surface area contributed by atoms with Gasteiger partial charge in [0.05, 0.1) is 17.8 Å². The maximum absolute atomic E-state index is 15.0. The number of piperidine rings is 1. The molecule has 2 atom stereocenters. The summed E-state index contributed by atoms with van der Waals surface area (Å²) >= 11 is 0. The second-order valence-corrected chi connectivity index (χ2v) is 9.77. The van der Waals surface area contributed by atoms with Crippen LogP contribution in [0.1, 0.15) is 48.0 Å². The summed E-state index contributed by atoms with van der Waals surface area (Å²) in [6.07, 6.45) is 3.74. The molecular formula is C24H29FN6O. The van der Waals surface area contributed by atoms with Crippen LogP contribution in [0.2, 0.25) is 0 Å². The highest BCUT2D eigenvalue weighted by molar-refractivity contribution is 5.82. The Labute approximate surface area is 186 Å². The number of fused-ring (bicyclic) bond motifs is 1. The number of alkyl halides is 1. The average molecular weight is 437 g/mol. The number of aromatic nitrogens is 4. The molecule has 0 bridgehead atoms. The SMILES string of the molecule is Cc1cc2cnn(-c3cc(N4CC(O)C4)nc(C4CC4)n3)c2cc1C1CCN(C)CC1F. The Kier molecular flexibility index (Phi) is 4.69. The van der Waals surface area contributed by atoms with Crippen LogP contribution < -0.4 is 4.90 Å². The molecule has 6 rings (SSSR count). The first-order valence-corrected chi connectivity index (χ1v) is 11.6. The Morgan fingerprint density at radius 3 is 2.53 bits per heavy atom. The molecule has 32 heavy (non-hydrogen) atoms. The molecule has 1 N–H and O–H groups in total. The van der Waals surface area contributed by atoms with E-state index in [0.717, 1.165) is 65.3 Å². The topological polar surface area (TPSA) is 70.3 Å². The second kappa shape index (κ2) is 7.49. The zero-order chi connectivity index (χ0) is 22.0. The molecule has 0 spiro atoms. The van der Waals surface area contributed by atoms with Crippen molar-refractivity contribution in [1.82, 2.24) is 24.6 Å². The van der Waals surface area contributed by atoms with Gasteiger partial charge in [0.2, 0.25) is 0 Å². The van der Waals surface area contributed by atoms with Crippen LogP contribution in [0.25, 0.3) is 16.7 Å². The number of hydrogen-bond donors (Lipinski definition) is 1. The quantitative estimate of drug-likeness (QED) is 0.678. The first-order chi connectivity index (χ1) is 15.5. The zero-order valence-electron chi connectivity index (χ0n) is 18.6. The van der Waals surface area contributed by atoms with E-state index in [1.807, 2.05) is 24.0 Å². The molecule has 8 heteroatoms. The molecule has 0 radical (unpaired) electrons. The fourth-order valence-electron chi connectivity index (χ4n) is 5.07. The summed E-state index contributed by atoms with van der Waals surface area (Å²) in [5.74, 6) is 2.75. The monoisotopic (exact) mass is 436 g/mol. The van der Waals surface area contributed by atoms with Crippen molar-refractivity contribution in [2.45, 2.75) is 50.3 Å². The van der Waals surface area contributed by atoms with Crippen molar-refractivity contribution in [3.63, 3.8) is 0 Å². The number of aliphatic hydroxyl groups excluding tert-OH is 1. The highest BCUT2D eigenvalue weighted by atomic mass is 19.1. The lowest BCUT2D eigenvalue weighted by Gasteiger charge is -2.37. The van der Waals surface area contributed by atoms with E-state index in [4.69, 9.17) is 9.97 Å². The lowest BCUT2D eigenvalue weighted by Crippen LogP contribution is -2.51. The van der Waals surface area contributed by atoms with Gasteiger partial charge in [-0.25, -0.2) is 19.0 Å². The van der Waals surface area contributed by atoms with Crippen LogP contribution in [-0.4, -0.2) is 75.3 Å². The van der Waals surface area contributed by atoms with E-state index in [1.165, 1.54) is 0 Å². The third-order valence-electron chi connectivity index (χ3n) is 7.16. The highest BCUT2D eigenvalue weighted by Gasteiger charge is 2.32. The van der Waals surface area contributed by atoms with Crippen molar-refractivity contribution >= 4 is 16.7 Å². The van der Waals surface area contributed by atoms with Gasteiger partial charge in [0.1, 0.15) is 17.8 Å². The summed E-state index contributed by atoms with van der Waals surface area (Å²) in [6, 6.07) is 6.19. The minimum Gasteiger partial charge on any atom is -0.389 e. The average Bonchev–Trinajstić information content (AvgIpc) is 3.52. The van der Waals surface area contributed by atoms with Gasteiger partial charge in [0.15, 0.2) is 5.82 Å². The molecule has 1 aliphatic carbocycles. The van der Waals surface area contributed by atoms with E-state index < -0.39 is 6.17 Å². The predicted molar refractivity (Wildman–Crippen MR) is 121 cm³/mol. The molecule has 1 aromatic carbocycles. The minimum atomic E-state index is -0.869. The second-order valence-electron chi connectivity index (χ2n) is 9.77. The third kappa shape index (κ3) is 3.46. The van der Waals surface area contributed by atoms with Gasteiger partial charge in [-0.15, -0.1) is 0 Å². The summed E-state index contributed by atoms with van der Waals surface area (Å²) < 4.78 is 16.8. The van der Waals surface area contributed by atoms with E-state index in [1.54, 1.807) is 0 Å². The van der Waals surface area contributed by atoms with Gasteiger partial charge in [-0.2, -0.15) is 5.10 Å². The number of anilines is 1. The molecular weight excluding hydrogens is 407 g/mol. The van der Waals surface area contributed by atoms with E-state index in [0.29, 0.717) is 25.6 Å². The van der Waals surface area contributed by atoms with Crippen LogP contribution in [0.15, 0.2) is 24.4 Å². The molecule has 2 saturated heterocycles. The van der Waals surface area contributed by atoms with E-state index in [9.17, 15) is 9.50 Å². The van der Waals surface area contributed by atoms with Crippen LogP contribution in [0.3, 0.4) is 0 Å². The summed E-state index contributed by atoms with van der Waals surface area (Å²) in [5, 5.41) is 15.4. The number of β-amino-alcohol motifs (C(OH)–C–C–N with tert-alkyl or cyclic N) is 1.